The number of carbonyl (C=O) groups excluding carboxylic acids is 1. The molecule has 0 saturated heterocycles. The van der Waals surface area contributed by atoms with Crippen molar-refractivity contribution in [2.75, 3.05) is 17.3 Å². The summed E-state index contributed by atoms with van der Waals surface area (Å²) < 4.78 is 0. The molecule has 0 fully saturated rings. The molecule has 1 heterocycles. The van der Waals surface area contributed by atoms with Crippen molar-refractivity contribution in [3.05, 3.63) is 83.9 Å². The van der Waals surface area contributed by atoms with Gasteiger partial charge >= 0.3 is 0 Å². The fourth-order valence-corrected chi connectivity index (χ4v) is 4.41. The predicted molar refractivity (Wildman–Crippen MR) is 125 cm³/mol. The van der Waals surface area contributed by atoms with Crippen LogP contribution >= 0.6 is 0 Å². The van der Waals surface area contributed by atoms with Gasteiger partial charge in [-0.05, 0) is 66.9 Å². The second-order valence-corrected chi connectivity index (χ2v) is 8.04. The van der Waals surface area contributed by atoms with E-state index in [1.54, 1.807) is 6.92 Å². The molecule has 0 spiro atoms. The summed E-state index contributed by atoms with van der Waals surface area (Å²) in [5, 5.41) is 6.87. The number of carbonyl (C=O) groups is 1. The van der Waals surface area contributed by atoms with E-state index < -0.39 is 0 Å². The van der Waals surface area contributed by atoms with E-state index in [-0.39, 0.29) is 18.0 Å². The lowest BCUT2D eigenvalue weighted by Gasteiger charge is -2.39. The average Bonchev–Trinajstić information content (AvgIpc) is 2.75. The molecule has 0 aliphatic carbocycles. The smallest absolute Gasteiger partial charge is 0.224 e. The first-order chi connectivity index (χ1) is 14.6. The van der Waals surface area contributed by atoms with E-state index in [9.17, 15) is 4.79 Å². The van der Waals surface area contributed by atoms with Crippen LogP contribution < -0.4 is 15.5 Å². The third kappa shape index (κ3) is 4.10. The van der Waals surface area contributed by atoms with Gasteiger partial charge in [0.15, 0.2) is 0 Å². The lowest BCUT2D eigenvalue weighted by Crippen LogP contribution is -2.43. The molecule has 2 N–H and O–H groups in total. The average molecular weight is 400 g/mol. The van der Waals surface area contributed by atoms with Crippen LogP contribution in [0.3, 0.4) is 0 Å². The third-order valence-corrected chi connectivity index (χ3v) is 5.80. The molecule has 30 heavy (non-hydrogen) atoms. The number of hydrogen-bond acceptors (Lipinski definition) is 3. The van der Waals surface area contributed by atoms with E-state index in [0.29, 0.717) is 0 Å². The SMILES string of the molecule is CNCc1ccc(-c2ccc3c(c2)C(Nc2ccccc2)CC(C)N3C(C)=O)cc1. The van der Waals surface area contributed by atoms with Crippen LogP contribution in [-0.4, -0.2) is 19.0 Å². The molecule has 0 aromatic heterocycles. The van der Waals surface area contributed by atoms with Gasteiger partial charge in [-0.1, -0.05) is 48.5 Å². The Morgan fingerprint density at radius 3 is 2.37 bits per heavy atom. The summed E-state index contributed by atoms with van der Waals surface area (Å²) in [6.07, 6.45) is 0.867. The predicted octanol–water partition coefficient (Wildman–Crippen LogP) is 5.37. The summed E-state index contributed by atoms with van der Waals surface area (Å²) in [4.78, 5) is 14.3. The van der Waals surface area contributed by atoms with Gasteiger partial charge in [0.1, 0.15) is 0 Å². The monoisotopic (exact) mass is 399 g/mol. The van der Waals surface area contributed by atoms with E-state index in [4.69, 9.17) is 0 Å². The minimum atomic E-state index is 0.0890. The lowest BCUT2D eigenvalue weighted by molar-refractivity contribution is -0.117. The number of hydrogen-bond donors (Lipinski definition) is 2. The van der Waals surface area contributed by atoms with E-state index in [2.05, 4.69) is 72.2 Å². The van der Waals surface area contributed by atoms with Crippen LogP contribution in [0.25, 0.3) is 11.1 Å². The molecule has 1 aliphatic rings. The molecule has 2 atom stereocenters. The molecule has 4 rings (SSSR count). The molecule has 0 radical (unpaired) electrons. The van der Waals surface area contributed by atoms with Crippen LogP contribution in [-0.2, 0) is 11.3 Å². The number of benzene rings is 3. The molecule has 1 amide bonds. The van der Waals surface area contributed by atoms with Crippen LogP contribution in [0.1, 0.15) is 37.4 Å². The maximum Gasteiger partial charge on any atom is 0.224 e. The molecule has 2 unspecified atom stereocenters. The Hall–Kier alpha value is -3.11. The summed E-state index contributed by atoms with van der Waals surface area (Å²) in [7, 11) is 1.96. The highest BCUT2D eigenvalue weighted by Gasteiger charge is 2.32. The van der Waals surface area contributed by atoms with Gasteiger partial charge < -0.3 is 15.5 Å². The summed E-state index contributed by atoms with van der Waals surface area (Å²) in [5.41, 5.74) is 6.89. The molecule has 0 bridgehead atoms. The number of para-hydroxylation sites is 1. The fraction of sp³-hybridized carbons (Fsp3) is 0.269. The van der Waals surface area contributed by atoms with Crippen molar-refractivity contribution in [1.82, 2.24) is 5.32 Å². The maximum absolute atomic E-state index is 12.4. The lowest BCUT2D eigenvalue weighted by atomic mass is 9.88. The van der Waals surface area contributed by atoms with Crippen LogP contribution in [0.4, 0.5) is 11.4 Å². The number of fused-ring (bicyclic) bond motifs is 1. The normalized spacial score (nSPS) is 18.0. The number of nitrogens with one attached hydrogen (secondary N) is 2. The Kier molecular flexibility index (Phi) is 5.86. The largest absolute Gasteiger partial charge is 0.378 e. The quantitative estimate of drug-likeness (QED) is 0.606. The van der Waals surface area contributed by atoms with Crippen molar-refractivity contribution < 1.29 is 4.79 Å². The first-order valence-corrected chi connectivity index (χ1v) is 10.6. The van der Waals surface area contributed by atoms with Gasteiger partial charge in [-0.25, -0.2) is 0 Å². The second kappa shape index (κ2) is 8.72. The molecular formula is C26H29N3O. The van der Waals surface area contributed by atoms with Crippen molar-refractivity contribution in [2.45, 2.75) is 38.9 Å². The number of anilines is 2. The van der Waals surface area contributed by atoms with Gasteiger partial charge in [0, 0.05) is 30.9 Å². The number of nitrogens with zero attached hydrogens (tertiary/aromatic N) is 1. The van der Waals surface area contributed by atoms with Crippen molar-refractivity contribution >= 4 is 17.3 Å². The maximum atomic E-state index is 12.4. The Morgan fingerprint density at radius 1 is 1.00 bits per heavy atom. The van der Waals surface area contributed by atoms with Crippen LogP contribution in [0.15, 0.2) is 72.8 Å². The summed E-state index contributed by atoms with van der Waals surface area (Å²) in [5.74, 6) is 0.0890. The Labute approximate surface area is 178 Å². The van der Waals surface area contributed by atoms with Gasteiger partial charge in [-0.2, -0.15) is 0 Å². The van der Waals surface area contributed by atoms with Crippen molar-refractivity contribution in [3.8, 4) is 11.1 Å². The standard InChI is InChI=1S/C26H29N3O/c1-18-15-25(28-23-7-5-4-6-8-23)24-16-22(13-14-26(24)29(18)19(2)30)21-11-9-20(10-12-21)17-27-3/h4-14,16,18,25,27-28H,15,17H2,1-3H3. The molecule has 4 nitrogen and oxygen atoms in total. The van der Waals surface area contributed by atoms with E-state index in [0.717, 1.165) is 24.3 Å². The fourth-order valence-electron chi connectivity index (χ4n) is 4.41. The van der Waals surface area contributed by atoms with Gasteiger partial charge in [0.25, 0.3) is 0 Å². The van der Waals surface area contributed by atoms with E-state index in [1.807, 2.05) is 30.1 Å². The zero-order chi connectivity index (χ0) is 21.1. The van der Waals surface area contributed by atoms with E-state index in [1.165, 1.54) is 22.3 Å². The molecule has 1 aliphatic heterocycles. The first kappa shape index (κ1) is 20.2. The van der Waals surface area contributed by atoms with Crippen molar-refractivity contribution in [3.63, 3.8) is 0 Å². The molecule has 3 aromatic rings. The topological polar surface area (TPSA) is 44.4 Å². The highest BCUT2D eigenvalue weighted by molar-refractivity contribution is 5.94. The number of rotatable bonds is 5. The summed E-state index contributed by atoms with van der Waals surface area (Å²) in [6.45, 7) is 4.64. The van der Waals surface area contributed by atoms with Gasteiger partial charge in [0.2, 0.25) is 5.91 Å². The van der Waals surface area contributed by atoms with Crippen LogP contribution in [0, 0.1) is 0 Å². The Morgan fingerprint density at radius 2 is 1.70 bits per heavy atom. The summed E-state index contributed by atoms with van der Waals surface area (Å²) in [6, 6.07) is 25.7. The van der Waals surface area contributed by atoms with Gasteiger partial charge in [0.05, 0.1) is 6.04 Å². The van der Waals surface area contributed by atoms with Gasteiger partial charge in [-0.15, -0.1) is 0 Å². The van der Waals surface area contributed by atoms with E-state index >= 15 is 0 Å². The molecule has 4 heteroatoms. The number of amides is 1. The minimum Gasteiger partial charge on any atom is -0.378 e. The van der Waals surface area contributed by atoms with Gasteiger partial charge in [-0.3, -0.25) is 4.79 Å². The highest BCUT2D eigenvalue weighted by atomic mass is 16.2. The minimum absolute atomic E-state index is 0.0890. The molecule has 0 saturated carbocycles. The van der Waals surface area contributed by atoms with Crippen LogP contribution in [0.2, 0.25) is 0 Å². The Balaban J connectivity index is 1.73. The third-order valence-electron chi connectivity index (χ3n) is 5.80. The highest BCUT2D eigenvalue weighted by Crippen LogP contribution is 2.41. The summed E-state index contributed by atoms with van der Waals surface area (Å²) >= 11 is 0. The molecular weight excluding hydrogens is 370 g/mol. The molecule has 3 aromatic carbocycles. The Bertz CT molecular complexity index is 1010. The first-order valence-electron chi connectivity index (χ1n) is 10.6. The van der Waals surface area contributed by atoms with Crippen LogP contribution in [0.5, 0.6) is 0 Å². The van der Waals surface area contributed by atoms with Crippen molar-refractivity contribution in [1.29, 1.82) is 0 Å². The molecule has 154 valence electrons. The van der Waals surface area contributed by atoms with Crippen molar-refractivity contribution in [2.24, 2.45) is 0 Å². The zero-order valence-electron chi connectivity index (χ0n) is 17.9. The zero-order valence-corrected chi connectivity index (χ0v) is 17.9. The second-order valence-electron chi connectivity index (χ2n) is 8.04.